The van der Waals surface area contributed by atoms with E-state index in [0.29, 0.717) is 5.69 Å². The average molecular weight is 342 g/mol. The Morgan fingerprint density at radius 1 is 1.08 bits per heavy atom. The lowest BCUT2D eigenvalue weighted by molar-refractivity contribution is -0.138. The molecule has 5 rings (SSSR count). The Morgan fingerprint density at radius 2 is 1.68 bits per heavy atom. The summed E-state index contributed by atoms with van der Waals surface area (Å²) in [5, 5.41) is 15.0. The van der Waals surface area contributed by atoms with Gasteiger partial charge in [0.2, 0.25) is 0 Å². The molecule has 1 unspecified atom stereocenters. The predicted octanol–water partition coefficient (Wildman–Crippen LogP) is 3.05. The van der Waals surface area contributed by atoms with Crippen molar-refractivity contribution < 1.29 is 14.7 Å². The SMILES string of the molecule is CC(NC(=O)C(=O)Nc1cccc(O)c1)C12CC3CC(CC(C3)C1)C2. The van der Waals surface area contributed by atoms with Crippen molar-refractivity contribution in [2.75, 3.05) is 5.32 Å². The topological polar surface area (TPSA) is 78.4 Å². The van der Waals surface area contributed by atoms with Crippen LogP contribution in [0.25, 0.3) is 0 Å². The van der Waals surface area contributed by atoms with Crippen molar-refractivity contribution in [2.45, 2.75) is 51.5 Å². The number of aromatic hydroxyl groups is 1. The van der Waals surface area contributed by atoms with Gasteiger partial charge >= 0.3 is 11.8 Å². The Hall–Kier alpha value is -2.04. The number of hydrogen-bond donors (Lipinski definition) is 3. The fourth-order valence-corrected chi connectivity index (χ4v) is 5.89. The molecule has 0 radical (unpaired) electrons. The van der Waals surface area contributed by atoms with Gasteiger partial charge in [-0.1, -0.05) is 6.07 Å². The average Bonchev–Trinajstić information content (AvgIpc) is 2.53. The Labute approximate surface area is 148 Å². The van der Waals surface area contributed by atoms with Crippen LogP contribution in [0.4, 0.5) is 5.69 Å². The molecule has 0 aromatic heterocycles. The Morgan fingerprint density at radius 3 is 2.24 bits per heavy atom. The molecule has 0 aliphatic heterocycles. The first-order valence-corrected chi connectivity index (χ1v) is 9.34. The third-order valence-electron chi connectivity index (χ3n) is 6.66. The first-order chi connectivity index (χ1) is 11.9. The van der Waals surface area contributed by atoms with Crippen LogP contribution in [0.1, 0.15) is 45.4 Å². The van der Waals surface area contributed by atoms with Gasteiger partial charge < -0.3 is 15.7 Å². The number of carbonyl (C=O) groups is 2. The van der Waals surface area contributed by atoms with Crippen LogP contribution < -0.4 is 10.6 Å². The predicted molar refractivity (Wildman–Crippen MR) is 94.9 cm³/mol. The number of anilines is 1. The fourth-order valence-electron chi connectivity index (χ4n) is 5.89. The van der Waals surface area contributed by atoms with Gasteiger partial charge in [-0.05, 0) is 80.8 Å². The zero-order valence-corrected chi connectivity index (χ0v) is 14.6. The first kappa shape index (κ1) is 16.4. The van der Waals surface area contributed by atoms with Crippen molar-refractivity contribution in [2.24, 2.45) is 23.2 Å². The second-order valence-corrected chi connectivity index (χ2v) is 8.48. The van der Waals surface area contributed by atoms with Gasteiger partial charge in [0.25, 0.3) is 0 Å². The van der Waals surface area contributed by atoms with Gasteiger partial charge in [0.05, 0.1) is 0 Å². The Bertz CT molecular complexity index is 665. The standard InChI is InChI=1S/C20H26N2O3/c1-12(20-9-13-5-14(10-20)7-15(6-13)11-20)21-18(24)19(25)22-16-3-2-4-17(23)8-16/h2-4,8,12-15,23H,5-7,9-11H2,1H3,(H,21,24)(H,22,25). The number of carbonyl (C=O) groups excluding carboxylic acids is 2. The van der Waals surface area contributed by atoms with Gasteiger partial charge in [-0.25, -0.2) is 0 Å². The molecule has 0 heterocycles. The molecule has 134 valence electrons. The van der Waals surface area contributed by atoms with E-state index < -0.39 is 11.8 Å². The molecule has 3 N–H and O–H groups in total. The third kappa shape index (κ3) is 3.12. The molecule has 2 amide bonds. The lowest BCUT2D eigenvalue weighted by atomic mass is 9.48. The molecule has 0 spiro atoms. The minimum absolute atomic E-state index is 0.0170. The lowest BCUT2D eigenvalue weighted by Gasteiger charge is -2.59. The first-order valence-electron chi connectivity index (χ1n) is 9.34. The van der Waals surface area contributed by atoms with Crippen LogP contribution in [-0.4, -0.2) is 23.0 Å². The van der Waals surface area contributed by atoms with Gasteiger partial charge in [-0.3, -0.25) is 9.59 Å². The van der Waals surface area contributed by atoms with Gasteiger partial charge in [-0.2, -0.15) is 0 Å². The van der Waals surface area contributed by atoms with Crippen LogP contribution in [0, 0.1) is 23.2 Å². The van der Waals surface area contributed by atoms with Crippen molar-refractivity contribution in [3.63, 3.8) is 0 Å². The van der Waals surface area contributed by atoms with Crippen LogP contribution in [0.2, 0.25) is 0 Å². The zero-order valence-electron chi connectivity index (χ0n) is 14.6. The lowest BCUT2D eigenvalue weighted by Crippen LogP contribution is -2.57. The smallest absolute Gasteiger partial charge is 0.313 e. The highest BCUT2D eigenvalue weighted by atomic mass is 16.3. The summed E-state index contributed by atoms with van der Waals surface area (Å²) < 4.78 is 0. The van der Waals surface area contributed by atoms with E-state index in [0.717, 1.165) is 17.8 Å². The van der Waals surface area contributed by atoms with Gasteiger partial charge in [-0.15, -0.1) is 0 Å². The van der Waals surface area contributed by atoms with Crippen LogP contribution >= 0.6 is 0 Å². The van der Waals surface area contributed by atoms with Gasteiger partial charge in [0.1, 0.15) is 5.75 Å². The van der Waals surface area contributed by atoms with E-state index >= 15 is 0 Å². The summed E-state index contributed by atoms with van der Waals surface area (Å²) in [4.78, 5) is 24.5. The summed E-state index contributed by atoms with van der Waals surface area (Å²) in [5.74, 6) is 1.22. The number of hydrogen-bond acceptors (Lipinski definition) is 3. The summed E-state index contributed by atoms with van der Waals surface area (Å²) in [5.41, 5.74) is 0.595. The van der Waals surface area contributed by atoms with E-state index in [9.17, 15) is 14.7 Å². The van der Waals surface area contributed by atoms with Crippen LogP contribution in [0.3, 0.4) is 0 Å². The van der Waals surface area contributed by atoms with Gasteiger partial charge in [0, 0.05) is 17.8 Å². The number of phenols is 1. The number of benzene rings is 1. The van der Waals surface area contributed by atoms with Crippen LogP contribution in [0.15, 0.2) is 24.3 Å². The molecule has 4 fully saturated rings. The second-order valence-electron chi connectivity index (χ2n) is 8.48. The highest BCUT2D eigenvalue weighted by Gasteiger charge is 2.53. The number of rotatable bonds is 3. The summed E-state index contributed by atoms with van der Waals surface area (Å²) >= 11 is 0. The minimum Gasteiger partial charge on any atom is -0.508 e. The highest BCUT2D eigenvalue weighted by Crippen LogP contribution is 2.61. The molecule has 4 aliphatic carbocycles. The summed E-state index contributed by atoms with van der Waals surface area (Å²) in [7, 11) is 0. The van der Waals surface area contributed by atoms with E-state index in [1.807, 2.05) is 0 Å². The summed E-state index contributed by atoms with van der Waals surface area (Å²) in [6.45, 7) is 2.06. The molecular formula is C20H26N2O3. The normalized spacial score (nSPS) is 33.7. The van der Waals surface area contributed by atoms with E-state index in [-0.39, 0.29) is 17.2 Å². The van der Waals surface area contributed by atoms with Crippen LogP contribution in [0.5, 0.6) is 5.75 Å². The Kier molecular flexibility index (Phi) is 3.97. The number of amides is 2. The summed E-state index contributed by atoms with van der Waals surface area (Å²) in [6.07, 6.45) is 7.64. The van der Waals surface area contributed by atoms with Crippen molar-refractivity contribution in [1.82, 2.24) is 5.32 Å². The molecule has 1 atom stereocenters. The third-order valence-corrected chi connectivity index (χ3v) is 6.66. The van der Waals surface area contributed by atoms with E-state index in [1.165, 1.54) is 50.7 Å². The molecular weight excluding hydrogens is 316 g/mol. The molecule has 4 saturated carbocycles. The summed E-state index contributed by atoms with van der Waals surface area (Å²) in [6, 6.07) is 6.23. The largest absolute Gasteiger partial charge is 0.508 e. The number of nitrogens with one attached hydrogen (secondary N) is 2. The van der Waals surface area contributed by atoms with Crippen molar-refractivity contribution in [1.29, 1.82) is 0 Å². The Balaban J connectivity index is 1.39. The van der Waals surface area contributed by atoms with E-state index in [2.05, 4.69) is 17.6 Å². The fraction of sp³-hybridized carbons (Fsp3) is 0.600. The molecule has 0 saturated heterocycles. The van der Waals surface area contributed by atoms with E-state index in [1.54, 1.807) is 12.1 Å². The molecule has 25 heavy (non-hydrogen) atoms. The monoisotopic (exact) mass is 342 g/mol. The molecule has 1 aromatic rings. The van der Waals surface area contributed by atoms with Gasteiger partial charge in [0.15, 0.2) is 0 Å². The molecule has 1 aromatic carbocycles. The van der Waals surface area contributed by atoms with E-state index in [4.69, 9.17) is 0 Å². The van der Waals surface area contributed by atoms with Crippen molar-refractivity contribution in [3.8, 4) is 5.75 Å². The molecule has 5 heteroatoms. The zero-order chi connectivity index (χ0) is 17.6. The second kappa shape index (κ2) is 6.04. The van der Waals surface area contributed by atoms with Crippen molar-refractivity contribution >= 4 is 17.5 Å². The highest BCUT2D eigenvalue weighted by molar-refractivity contribution is 6.39. The van der Waals surface area contributed by atoms with Crippen molar-refractivity contribution in [3.05, 3.63) is 24.3 Å². The maximum atomic E-state index is 12.4. The maximum Gasteiger partial charge on any atom is 0.313 e. The van der Waals surface area contributed by atoms with Crippen LogP contribution in [-0.2, 0) is 9.59 Å². The molecule has 4 aliphatic rings. The molecule has 4 bridgehead atoms. The minimum atomic E-state index is -0.679. The molecule has 5 nitrogen and oxygen atoms in total. The maximum absolute atomic E-state index is 12.4. The quantitative estimate of drug-likeness (QED) is 0.739. The number of phenolic OH excluding ortho intramolecular Hbond substituents is 1.